The number of nitrogens with one attached hydrogen (secondary N) is 1. The highest BCUT2D eigenvalue weighted by Crippen LogP contribution is 2.36. The van der Waals surface area contributed by atoms with Gasteiger partial charge in [-0.15, -0.1) is 0 Å². The van der Waals surface area contributed by atoms with E-state index in [4.69, 9.17) is 21.1 Å². The molecule has 118 valence electrons. The van der Waals surface area contributed by atoms with Gasteiger partial charge in [-0.05, 0) is 6.92 Å². The van der Waals surface area contributed by atoms with E-state index in [0.29, 0.717) is 31.1 Å². The van der Waals surface area contributed by atoms with Crippen LogP contribution in [-0.2, 0) is 10.0 Å². The summed E-state index contributed by atoms with van der Waals surface area (Å²) in [6.45, 7) is 3.51. The van der Waals surface area contributed by atoms with Gasteiger partial charge in [0, 0.05) is 37.8 Å². The van der Waals surface area contributed by atoms with Crippen LogP contribution in [0.1, 0.15) is 6.92 Å². The number of benzene rings is 1. The molecule has 8 heteroatoms. The average Bonchev–Trinajstić information content (AvgIpc) is 2.46. The smallest absolute Gasteiger partial charge is 0.245 e. The number of hydrogen-bond acceptors (Lipinski definition) is 5. The summed E-state index contributed by atoms with van der Waals surface area (Å²) in [5.41, 5.74) is 0. The second-order valence-electron chi connectivity index (χ2n) is 4.81. The number of ether oxygens (including phenoxy) is 2. The molecule has 0 aliphatic carbocycles. The number of hydrogen-bond donors (Lipinski definition) is 1. The van der Waals surface area contributed by atoms with Crippen molar-refractivity contribution in [3.05, 3.63) is 17.2 Å². The second kappa shape index (κ2) is 6.39. The van der Waals surface area contributed by atoms with Crippen molar-refractivity contribution in [1.82, 2.24) is 9.62 Å². The Morgan fingerprint density at radius 3 is 2.48 bits per heavy atom. The highest BCUT2D eigenvalue weighted by atomic mass is 35.5. The van der Waals surface area contributed by atoms with Gasteiger partial charge in [0.15, 0.2) is 11.5 Å². The molecule has 1 N–H and O–H groups in total. The Morgan fingerprint density at radius 1 is 1.29 bits per heavy atom. The SMILES string of the molecule is COc1cc(Cl)c(S(=O)(=O)N2CCNCC2C)cc1OC. The molecule has 0 spiro atoms. The lowest BCUT2D eigenvalue weighted by atomic mass is 10.3. The monoisotopic (exact) mass is 334 g/mol. The minimum absolute atomic E-state index is 0.0376. The van der Waals surface area contributed by atoms with E-state index in [1.54, 1.807) is 0 Å². The van der Waals surface area contributed by atoms with Crippen LogP contribution in [0.25, 0.3) is 0 Å². The van der Waals surface area contributed by atoms with Gasteiger partial charge >= 0.3 is 0 Å². The van der Waals surface area contributed by atoms with Crippen molar-refractivity contribution in [3.63, 3.8) is 0 Å². The molecule has 1 aromatic rings. The van der Waals surface area contributed by atoms with E-state index in [1.807, 2.05) is 6.92 Å². The Hall–Kier alpha value is -1.02. The van der Waals surface area contributed by atoms with Crippen molar-refractivity contribution >= 4 is 21.6 Å². The zero-order valence-corrected chi connectivity index (χ0v) is 13.8. The van der Waals surface area contributed by atoms with Crippen molar-refractivity contribution < 1.29 is 17.9 Å². The molecule has 0 bridgehead atoms. The molecule has 0 radical (unpaired) electrons. The standard InChI is InChI=1S/C13H19ClN2O4S/c1-9-8-15-4-5-16(9)21(17,18)13-7-12(20-3)11(19-2)6-10(13)14/h6-7,9,15H,4-5,8H2,1-3H3. The van der Waals surface area contributed by atoms with E-state index in [9.17, 15) is 8.42 Å². The van der Waals surface area contributed by atoms with Crippen molar-refractivity contribution in [2.75, 3.05) is 33.9 Å². The fraction of sp³-hybridized carbons (Fsp3) is 0.538. The lowest BCUT2D eigenvalue weighted by molar-refractivity contribution is 0.283. The number of halogens is 1. The normalized spacial score (nSPS) is 20.3. The molecule has 2 rings (SSSR count). The van der Waals surface area contributed by atoms with Gasteiger partial charge in [-0.2, -0.15) is 4.31 Å². The maximum absolute atomic E-state index is 12.8. The maximum atomic E-state index is 12.8. The van der Waals surface area contributed by atoms with Crippen molar-refractivity contribution in [1.29, 1.82) is 0 Å². The fourth-order valence-electron chi connectivity index (χ4n) is 2.34. The van der Waals surface area contributed by atoms with Crippen LogP contribution in [0.2, 0.25) is 5.02 Å². The van der Waals surface area contributed by atoms with Crippen LogP contribution in [0.4, 0.5) is 0 Å². The van der Waals surface area contributed by atoms with E-state index in [-0.39, 0.29) is 16.0 Å². The van der Waals surface area contributed by atoms with Gasteiger partial charge in [0.2, 0.25) is 10.0 Å². The Labute approximate surface area is 130 Å². The minimum atomic E-state index is -3.67. The van der Waals surface area contributed by atoms with Gasteiger partial charge in [0.1, 0.15) is 4.90 Å². The van der Waals surface area contributed by atoms with Crippen LogP contribution in [-0.4, -0.2) is 52.6 Å². The Kier molecular flexibility index (Phi) is 4.98. The van der Waals surface area contributed by atoms with Gasteiger partial charge in [-0.3, -0.25) is 0 Å². The summed E-state index contributed by atoms with van der Waals surface area (Å²) in [7, 11) is -0.747. The van der Waals surface area contributed by atoms with Crippen LogP contribution in [0.15, 0.2) is 17.0 Å². The molecule has 1 fully saturated rings. The number of rotatable bonds is 4. The average molecular weight is 335 g/mol. The second-order valence-corrected chi connectivity index (χ2v) is 7.07. The highest BCUT2D eigenvalue weighted by molar-refractivity contribution is 7.89. The third-order valence-corrected chi connectivity index (χ3v) is 5.94. The number of piperazine rings is 1. The molecule has 1 atom stereocenters. The van der Waals surface area contributed by atoms with Crippen molar-refractivity contribution in [2.24, 2.45) is 0 Å². The van der Waals surface area contributed by atoms with Crippen LogP contribution in [0.5, 0.6) is 11.5 Å². The molecule has 1 saturated heterocycles. The molecule has 0 amide bonds. The lowest BCUT2D eigenvalue weighted by Crippen LogP contribution is -2.52. The summed E-state index contributed by atoms with van der Waals surface area (Å²) in [5.74, 6) is 0.734. The number of nitrogens with zero attached hydrogens (tertiary/aromatic N) is 1. The minimum Gasteiger partial charge on any atom is -0.493 e. The van der Waals surface area contributed by atoms with Crippen LogP contribution in [0.3, 0.4) is 0 Å². The number of methoxy groups -OCH3 is 2. The molecule has 1 unspecified atom stereocenters. The summed E-state index contributed by atoms with van der Waals surface area (Å²) in [5, 5.41) is 3.28. The summed E-state index contributed by atoms with van der Waals surface area (Å²) < 4.78 is 37.3. The summed E-state index contributed by atoms with van der Waals surface area (Å²) in [4.78, 5) is 0.0376. The zero-order chi connectivity index (χ0) is 15.6. The molecular formula is C13H19ClN2O4S. The van der Waals surface area contributed by atoms with E-state index in [0.717, 1.165) is 0 Å². The predicted molar refractivity (Wildman–Crippen MR) is 80.8 cm³/mol. The molecule has 21 heavy (non-hydrogen) atoms. The van der Waals surface area contributed by atoms with E-state index in [2.05, 4.69) is 5.32 Å². The van der Waals surface area contributed by atoms with E-state index >= 15 is 0 Å². The first-order chi connectivity index (χ1) is 9.91. The molecule has 0 saturated carbocycles. The molecule has 6 nitrogen and oxygen atoms in total. The first-order valence-electron chi connectivity index (χ1n) is 6.56. The maximum Gasteiger partial charge on any atom is 0.245 e. The van der Waals surface area contributed by atoms with Gasteiger partial charge in [0.25, 0.3) is 0 Å². The van der Waals surface area contributed by atoms with Gasteiger partial charge in [0.05, 0.1) is 19.2 Å². The molecular weight excluding hydrogens is 316 g/mol. The fourth-order valence-corrected chi connectivity index (χ4v) is 4.48. The Morgan fingerprint density at radius 2 is 1.90 bits per heavy atom. The van der Waals surface area contributed by atoms with Crippen LogP contribution < -0.4 is 14.8 Å². The lowest BCUT2D eigenvalue weighted by Gasteiger charge is -2.33. The largest absolute Gasteiger partial charge is 0.493 e. The Bertz CT molecular complexity index is 621. The summed E-state index contributed by atoms with van der Waals surface area (Å²) >= 11 is 6.13. The van der Waals surface area contributed by atoms with E-state index in [1.165, 1.54) is 30.7 Å². The molecule has 1 heterocycles. The first kappa shape index (κ1) is 16.4. The number of sulfonamides is 1. The molecule has 1 aromatic carbocycles. The van der Waals surface area contributed by atoms with Crippen molar-refractivity contribution in [2.45, 2.75) is 17.9 Å². The third kappa shape index (κ3) is 3.11. The predicted octanol–water partition coefficient (Wildman–Crippen LogP) is 1.34. The molecule has 1 aliphatic rings. The summed E-state index contributed by atoms with van der Waals surface area (Å²) in [6, 6.07) is 2.73. The van der Waals surface area contributed by atoms with Crippen molar-refractivity contribution in [3.8, 4) is 11.5 Å². The quantitative estimate of drug-likeness (QED) is 0.900. The van der Waals surface area contributed by atoms with Crippen LogP contribution >= 0.6 is 11.6 Å². The zero-order valence-electron chi connectivity index (χ0n) is 12.2. The first-order valence-corrected chi connectivity index (χ1v) is 8.37. The van der Waals surface area contributed by atoms with Gasteiger partial charge in [-0.1, -0.05) is 11.6 Å². The highest BCUT2D eigenvalue weighted by Gasteiger charge is 2.33. The van der Waals surface area contributed by atoms with Gasteiger partial charge < -0.3 is 14.8 Å². The van der Waals surface area contributed by atoms with E-state index < -0.39 is 10.0 Å². The summed E-state index contributed by atoms with van der Waals surface area (Å²) in [6.07, 6.45) is 0. The molecule has 0 aromatic heterocycles. The van der Waals surface area contributed by atoms with Crippen LogP contribution in [0, 0.1) is 0 Å². The molecule has 1 aliphatic heterocycles. The topological polar surface area (TPSA) is 67.9 Å². The van der Waals surface area contributed by atoms with Gasteiger partial charge in [-0.25, -0.2) is 8.42 Å². The third-order valence-electron chi connectivity index (χ3n) is 3.47. The Balaban J connectivity index is 2.49.